The average Bonchev–Trinajstić information content (AvgIpc) is 2.84. The highest BCUT2D eigenvalue weighted by Gasteiger charge is 2.18. The molecule has 19 heavy (non-hydrogen) atoms. The van der Waals surface area contributed by atoms with Crippen LogP contribution in [-0.2, 0) is 0 Å². The lowest BCUT2D eigenvalue weighted by Gasteiger charge is -2.14. The Labute approximate surface area is 111 Å². The summed E-state index contributed by atoms with van der Waals surface area (Å²) < 4.78 is 0. The van der Waals surface area contributed by atoms with Crippen molar-refractivity contribution in [1.29, 1.82) is 0 Å². The lowest BCUT2D eigenvalue weighted by molar-refractivity contribution is -0.384. The van der Waals surface area contributed by atoms with Gasteiger partial charge in [0.05, 0.1) is 4.92 Å². The number of non-ortho nitro benzene ring substituents is 1. The fourth-order valence-corrected chi connectivity index (χ4v) is 1.97. The Hall–Kier alpha value is -2.55. The third-order valence-corrected chi connectivity index (χ3v) is 3.12. The van der Waals surface area contributed by atoms with E-state index in [0.29, 0.717) is 5.69 Å². The predicted molar refractivity (Wildman–Crippen MR) is 70.2 cm³/mol. The molecule has 0 saturated carbocycles. The summed E-state index contributed by atoms with van der Waals surface area (Å²) in [6, 6.07) is 5.63. The van der Waals surface area contributed by atoms with E-state index in [-0.39, 0.29) is 21.7 Å². The molecule has 2 N–H and O–H groups in total. The number of amides is 1. The van der Waals surface area contributed by atoms with Gasteiger partial charge in [-0.05, 0) is 12.1 Å². The van der Waals surface area contributed by atoms with E-state index in [0.717, 1.165) is 11.3 Å². The van der Waals surface area contributed by atoms with Crippen molar-refractivity contribution in [3.8, 4) is 0 Å². The van der Waals surface area contributed by atoms with E-state index < -0.39 is 4.92 Å². The quantitative estimate of drug-likeness (QED) is 0.668. The number of benzene rings is 1. The molecule has 1 aromatic heterocycles. The smallest absolute Gasteiger partial charge is 0.289 e. The third kappa shape index (κ3) is 2.65. The van der Waals surface area contributed by atoms with E-state index in [9.17, 15) is 14.9 Å². The highest BCUT2D eigenvalue weighted by atomic mass is 32.1. The SMILES string of the molecule is CN(C(=O)c1nnc(N)s1)c1ccc([N+](=O)[O-])cc1. The molecule has 98 valence electrons. The molecule has 2 rings (SSSR count). The van der Waals surface area contributed by atoms with Crippen LogP contribution in [0.5, 0.6) is 0 Å². The van der Waals surface area contributed by atoms with Gasteiger partial charge in [-0.25, -0.2) is 0 Å². The average molecular weight is 279 g/mol. The van der Waals surface area contributed by atoms with Crippen LogP contribution in [0.4, 0.5) is 16.5 Å². The van der Waals surface area contributed by atoms with Crippen LogP contribution in [0.25, 0.3) is 0 Å². The van der Waals surface area contributed by atoms with E-state index in [1.165, 1.54) is 29.2 Å². The van der Waals surface area contributed by atoms with Gasteiger partial charge in [-0.15, -0.1) is 10.2 Å². The molecule has 0 aliphatic carbocycles. The zero-order chi connectivity index (χ0) is 14.0. The van der Waals surface area contributed by atoms with Gasteiger partial charge < -0.3 is 10.6 Å². The highest BCUT2D eigenvalue weighted by Crippen LogP contribution is 2.21. The molecule has 0 aliphatic heterocycles. The Balaban J connectivity index is 2.21. The van der Waals surface area contributed by atoms with Crippen molar-refractivity contribution in [1.82, 2.24) is 10.2 Å². The number of nitrogens with zero attached hydrogens (tertiary/aromatic N) is 4. The largest absolute Gasteiger partial charge is 0.374 e. The zero-order valence-electron chi connectivity index (χ0n) is 9.81. The number of carbonyl (C=O) groups excluding carboxylic acids is 1. The number of hydrogen-bond acceptors (Lipinski definition) is 7. The van der Waals surface area contributed by atoms with Gasteiger partial charge in [0.1, 0.15) is 0 Å². The Kier molecular flexibility index (Phi) is 3.38. The minimum atomic E-state index is -0.503. The minimum absolute atomic E-state index is 0.0373. The number of carbonyl (C=O) groups is 1. The van der Waals surface area contributed by atoms with Crippen LogP contribution in [0.3, 0.4) is 0 Å². The van der Waals surface area contributed by atoms with E-state index in [4.69, 9.17) is 5.73 Å². The second kappa shape index (κ2) is 4.98. The van der Waals surface area contributed by atoms with Gasteiger partial charge in [-0.3, -0.25) is 14.9 Å². The van der Waals surface area contributed by atoms with Crippen LogP contribution in [-0.4, -0.2) is 28.1 Å². The van der Waals surface area contributed by atoms with Crippen molar-refractivity contribution >= 4 is 33.8 Å². The number of rotatable bonds is 3. The summed E-state index contributed by atoms with van der Waals surface area (Å²) in [4.78, 5) is 23.4. The highest BCUT2D eigenvalue weighted by molar-refractivity contribution is 7.17. The summed E-state index contributed by atoms with van der Waals surface area (Å²) in [5, 5.41) is 18.1. The van der Waals surface area contributed by atoms with Crippen LogP contribution < -0.4 is 10.6 Å². The van der Waals surface area contributed by atoms with Gasteiger partial charge in [-0.2, -0.15) is 0 Å². The fourth-order valence-electron chi connectivity index (χ4n) is 1.38. The molecule has 0 unspecified atom stereocenters. The minimum Gasteiger partial charge on any atom is -0.374 e. The summed E-state index contributed by atoms with van der Waals surface area (Å²) in [5.74, 6) is -0.372. The standard InChI is InChI=1S/C10H9N5O3S/c1-14(9(16)8-12-13-10(11)19-8)6-2-4-7(5-3-6)15(17)18/h2-5H,1H3,(H2,11,13). The van der Waals surface area contributed by atoms with Gasteiger partial charge in [0.2, 0.25) is 10.1 Å². The zero-order valence-corrected chi connectivity index (χ0v) is 10.6. The topological polar surface area (TPSA) is 115 Å². The molecular weight excluding hydrogens is 270 g/mol. The number of nitro benzene ring substituents is 1. The number of nitrogen functional groups attached to an aromatic ring is 1. The van der Waals surface area contributed by atoms with Gasteiger partial charge in [0, 0.05) is 24.9 Å². The van der Waals surface area contributed by atoms with E-state index in [1.807, 2.05) is 0 Å². The molecule has 1 aromatic carbocycles. The molecule has 1 amide bonds. The number of anilines is 2. The van der Waals surface area contributed by atoms with Gasteiger partial charge in [-0.1, -0.05) is 11.3 Å². The number of nitro groups is 1. The molecule has 9 heteroatoms. The van der Waals surface area contributed by atoms with Crippen LogP contribution >= 0.6 is 11.3 Å². The predicted octanol–water partition coefficient (Wildman–Crippen LogP) is 1.31. The Bertz CT molecular complexity index is 624. The third-order valence-electron chi connectivity index (χ3n) is 2.38. The Morgan fingerprint density at radius 1 is 1.37 bits per heavy atom. The van der Waals surface area contributed by atoms with Crippen LogP contribution in [0.1, 0.15) is 9.80 Å². The first-order chi connectivity index (χ1) is 8.99. The van der Waals surface area contributed by atoms with E-state index in [2.05, 4.69) is 10.2 Å². The molecule has 0 spiro atoms. The Morgan fingerprint density at radius 3 is 2.47 bits per heavy atom. The van der Waals surface area contributed by atoms with Gasteiger partial charge in [0.15, 0.2) is 0 Å². The van der Waals surface area contributed by atoms with Crippen LogP contribution in [0.15, 0.2) is 24.3 Å². The van der Waals surface area contributed by atoms with Crippen LogP contribution in [0.2, 0.25) is 0 Å². The number of aromatic nitrogens is 2. The summed E-state index contributed by atoms with van der Waals surface area (Å²) in [6.45, 7) is 0. The van der Waals surface area contributed by atoms with E-state index in [1.54, 1.807) is 7.05 Å². The molecule has 0 bridgehead atoms. The molecule has 0 aliphatic rings. The van der Waals surface area contributed by atoms with Gasteiger partial charge in [0.25, 0.3) is 11.6 Å². The molecule has 8 nitrogen and oxygen atoms in total. The first-order valence-corrected chi connectivity index (χ1v) is 5.92. The molecule has 0 fully saturated rings. The van der Waals surface area contributed by atoms with Crippen LogP contribution in [0, 0.1) is 10.1 Å². The maximum Gasteiger partial charge on any atom is 0.289 e. The van der Waals surface area contributed by atoms with Crippen molar-refractivity contribution in [3.63, 3.8) is 0 Å². The van der Waals surface area contributed by atoms with Crippen molar-refractivity contribution in [2.75, 3.05) is 17.7 Å². The maximum absolute atomic E-state index is 12.0. The lowest BCUT2D eigenvalue weighted by Crippen LogP contribution is -2.26. The number of hydrogen-bond donors (Lipinski definition) is 1. The van der Waals surface area contributed by atoms with Crippen molar-refractivity contribution in [2.45, 2.75) is 0 Å². The first-order valence-electron chi connectivity index (χ1n) is 5.10. The molecular formula is C10H9N5O3S. The second-order valence-electron chi connectivity index (χ2n) is 3.58. The summed E-state index contributed by atoms with van der Waals surface area (Å²) in [6.07, 6.45) is 0. The number of nitrogens with two attached hydrogens (primary N) is 1. The molecule has 0 radical (unpaired) electrons. The van der Waals surface area contributed by atoms with Crippen molar-refractivity contribution in [3.05, 3.63) is 39.4 Å². The second-order valence-corrected chi connectivity index (χ2v) is 4.59. The first kappa shape index (κ1) is 12.9. The van der Waals surface area contributed by atoms with E-state index >= 15 is 0 Å². The summed E-state index contributed by atoms with van der Waals surface area (Å²) in [7, 11) is 1.54. The molecule has 0 saturated heterocycles. The normalized spacial score (nSPS) is 10.2. The summed E-state index contributed by atoms with van der Waals surface area (Å²) in [5.41, 5.74) is 5.89. The molecule has 0 atom stereocenters. The lowest BCUT2D eigenvalue weighted by atomic mass is 10.2. The summed E-state index contributed by atoms with van der Waals surface area (Å²) >= 11 is 0.983. The molecule has 2 aromatic rings. The fraction of sp³-hybridized carbons (Fsp3) is 0.100. The van der Waals surface area contributed by atoms with Crippen molar-refractivity contribution in [2.24, 2.45) is 0 Å². The maximum atomic E-state index is 12.0. The van der Waals surface area contributed by atoms with Gasteiger partial charge >= 0.3 is 0 Å². The monoisotopic (exact) mass is 279 g/mol. The Morgan fingerprint density at radius 2 is 2.00 bits per heavy atom. The molecule has 1 heterocycles. The van der Waals surface area contributed by atoms with Crippen molar-refractivity contribution < 1.29 is 9.72 Å².